The zero-order valence-electron chi connectivity index (χ0n) is 9.64. The molecule has 0 aromatic heterocycles. The smallest absolute Gasteiger partial charge is 0.387 e. The summed E-state index contributed by atoms with van der Waals surface area (Å²) in [5, 5.41) is 2.59. The minimum atomic E-state index is -2.94. The van der Waals surface area contributed by atoms with Gasteiger partial charge in [0.25, 0.3) is 0 Å². The van der Waals surface area contributed by atoms with E-state index in [1.165, 1.54) is 18.2 Å². The fourth-order valence-corrected chi connectivity index (χ4v) is 1.37. The fourth-order valence-electron chi connectivity index (χ4n) is 1.05. The van der Waals surface area contributed by atoms with Gasteiger partial charge >= 0.3 is 6.61 Å². The van der Waals surface area contributed by atoms with Crippen molar-refractivity contribution in [3.63, 3.8) is 0 Å². The molecule has 0 heterocycles. The SMILES string of the molecule is CC(C)(Br)C(=O)Nc1ccc(OC(F)F)c(Cl)c1. The first kappa shape index (κ1) is 15.2. The summed E-state index contributed by atoms with van der Waals surface area (Å²) in [5.41, 5.74) is 0.402. The number of ether oxygens (including phenoxy) is 1. The summed E-state index contributed by atoms with van der Waals surface area (Å²) in [6, 6.07) is 4.04. The molecule has 1 N–H and O–H groups in total. The van der Waals surface area contributed by atoms with Crippen LogP contribution in [0.5, 0.6) is 5.75 Å². The average molecular weight is 343 g/mol. The van der Waals surface area contributed by atoms with Crippen LogP contribution in [0.4, 0.5) is 14.5 Å². The molecule has 1 aromatic rings. The number of hydrogen-bond acceptors (Lipinski definition) is 2. The number of anilines is 1. The van der Waals surface area contributed by atoms with E-state index < -0.39 is 10.9 Å². The summed E-state index contributed by atoms with van der Waals surface area (Å²) in [4.78, 5) is 11.7. The molecule has 0 aliphatic rings. The lowest BCUT2D eigenvalue weighted by Gasteiger charge is -2.16. The van der Waals surface area contributed by atoms with Gasteiger partial charge in [-0.1, -0.05) is 27.5 Å². The number of carbonyl (C=O) groups excluding carboxylic acids is 1. The predicted octanol–water partition coefficient (Wildman–Crippen LogP) is 4.05. The van der Waals surface area contributed by atoms with Crippen molar-refractivity contribution >= 4 is 39.1 Å². The number of rotatable bonds is 4. The van der Waals surface area contributed by atoms with Gasteiger partial charge in [-0.3, -0.25) is 4.79 Å². The highest BCUT2D eigenvalue weighted by Crippen LogP contribution is 2.29. The Bertz CT molecular complexity index is 449. The summed E-state index contributed by atoms with van der Waals surface area (Å²) in [6.07, 6.45) is 0. The second-order valence-corrected chi connectivity index (χ2v) is 6.34. The monoisotopic (exact) mass is 341 g/mol. The topological polar surface area (TPSA) is 38.3 Å². The van der Waals surface area contributed by atoms with Crippen molar-refractivity contribution in [2.24, 2.45) is 0 Å². The van der Waals surface area contributed by atoms with E-state index in [9.17, 15) is 13.6 Å². The van der Waals surface area contributed by atoms with E-state index in [1.54, 1.807) is 13.8 Å². The summed E-state index contributed by atoms with van der Waals surface area (Å²) < 4.78 is 27.5. The Morgan fingerprint density at radius 1 is 1.50 bits per heavy atom. The van der Waals surface area contributed by atoms with Crippen molar-refractivity contribution in [3.8, 4) is 5.75 Å². The Morgan fingerprint density at radius 2 is 2.11 bits per heavy atom. The number of carbonyl (C=O) groups is 1. The molecule has 0 unspecified atom stereocenters. The maximum atomic E-state index is 12.0. The molecule has 3 nitrogen and oxygen atoms in total. The molecule has 0 spiro atoms. The van der Waals surface area contributed by atoms with Crippen molar-refractivity contribution in [3.05, 3.63) is 23.2 Å². The minimum Gasteiger partial charge on any atom is -0.433 e. The predicted molar refractivity (Wildman–Crippen MR) is 69.7 cm³/mol. The van der Waals surface area contributed by atoms with Gasteiger partial charge in [0, 0.05) is 5.69 Å². The third-order valence-corrected chi connectivity index (χ3v) is 2.60. The normalized spacial score (nSPS) is 11.5. The first-order chi connectivity index (χ1) is 8.20. The van der Waals surface area contributed by atoms with E-state index in [0.717, 1.165) is 0 Å². The maximum absolute atomic E-state index is 12.0. The Hall–Kier alpha value is -0.880. The zero-order chi connectivity index (χ0) is 13.9. The van der Waals surface area contributed by atoms with E-state index in [0.29, 0.717) is 5.69 Å². The quantitative estimate of drug-likeness (QED) is 0.838. The molecule has 7 heteroatoms. The second kappa shape index (κ2) is 5.84. The lowest BCUT2D eigenvalue weighted by molar-refractivity contribution is -0.117. The molecule has 0 bridgehead atoms. The molecule has 0 atom stereocenters. The van der Waals surface area contributed by atoms with Crippen LogP contribution in [0.25, 0.3) is 0 Å². The number of amides is 1. The van der Waals surface area contributed by atoms with Gasteiger partial charge < -0.3 is 10.1 Å². The standard InChI is InChI=1S/C11H11BrClF2NO2/c1-11(2,12)9(17)16-6-3-4-8(7(13)5-6)18-10(14)15/h3-5,10H,1-2H3,(H,16,17). The number of hydrogen-bond donors (Lipinski definition) is 1. The molecule has 0 aliphatic heterocycles. The molecule has 1 rings (SSSR count). The van der Waals surface area contributed by atoms with Crippen LogP contribution in [-0.2, 0) is 4.79 Å². The number of alkyl halides is 3. The fraction of sp³-hybridized carbons (Fsp3) is 0.364. The summed E-state index contributed by atoms with van der Waals surface area (Å²) in [7, 11) is 0. The van der Waals surface area contributed by atoms with Crippen LogP contribution in [-0.4, -0.2) is 16.8 Å². The van der Waals surface area contributed by atoms with Crippen LogP contribution < -0.4 is 10.1 Å². The van der Waals surface area contributed by atoms with E-state index in [-0.39, 0.29) is 16.7 Å². The van der Waals surface area contributed by atoms with Crippen molar-refractivity contribution in [2.45, 2.75) is 24.8 Å². The molecule has 1 amide bonds. The largest absolute Gasteiger partial charge is 0.433 e. The number of nitrogens with one attached hydrogen (secondary N) is 1. The van der Waals surface area contributed by atoms with Crippen molar-refractivity contribution in [1.29, 1.82) is 0 Å². The van der Waals surface area contributed by atoms with Gasteiger partial charge in [-0.05, 0) is 32.0 Å². The van der Waals surface area contributed by atoms with Gasteiger partial charge in [-0.25, -0.2) is 0 Å². The summed E-state index contributed by atoms with van der Waals surface area (Å²) in [5.74, 6) is -0.413. The highest BCUT2D eigenvalue weighted by Gasteiger charge is 2.23. The first-order valence-electron chi connectivity index (χ1n) is 4.95. The minimum absolute atomic E-state index is 0.000443. The van der Waals surface area contributed by atoms with Crippen molar-refractivity contribution in [1.82, 2.24) is 0 Å². The zero-order valence-corrected chi connectivity index (χ0v) is 12.0. The molecular formula is C11H11BrClF2NO2. The molecule has 100 valence electrons. The Kier molecular flexibility index (Phi) is 4.92. The van der Waals surface area contributed by atoms with Crippen molar-refractivity contribution < 1.29 is 18.3 Å². The van der Waals surface area contributed by atoms with E-state index in [4.69, 9.17) is 11.6 Å². The van der Waals surface area contributed by atoms with Crippen LogP contribution in [0.2, 0.25) is 5.02 Å². The van der Waals surface area contributed by atoms with Gasteiger partial charge in [0.1, 0.15) is 5.75 Å². The highest BCUT2D eigenvalue weighted by atomic mass is 79.9. The average Bonchev–Trinajstić information content (AvgIpc) is 2.20. The summed E-state index contributed by atoms with van der Waals surface area (Å²) in [6.45, 7) is 0.417. The van der Waals surface area contributed by atoms with E-state index >= 15 is 0 Å². The van der Waals surface area contributed by atoms with Crippen molar-refractivity contribution in [2.75, 3.05) is 5.32 Å². The van der Waals surface area contributed by atoms with E-state index in [1.807, 2.05) is 0 Å². The Labute approximate surface area is 117 Å². The van der Waals surface area contributed by atoms with Gasteiger partial charge in [0.15, 0.2) is 0 Å². The van der Waals surface area contributed by atoms with Gasteiger partial charge in [0.2, 0.25) is 5.91 Å². The van der Waals surface area contributed by atoms with Crippen LogP contribution in [0, 0.1) is 0 Å². The number of benzene rings is 1. The Morgan fingerprint density at radius 3 is 2.56 bits per heavy atom. The molecule has 0 aliphatic carbocycles. The first-order valence-corrected chi connectivity index (χ1v) is 6.12. The molecule has 1 aromatic carbocycles. The van der Waals surface area contributed by atoms with Gasteiger partial charge in [0.05, 0.1) is 9.35 Å². The molecule has 0 saturated carbocycles. The molecule has 0 radical (unpaired) electrons. The lowest BCUT2D eigenvalue weighted by atomic mass is 10.2. The molecular weight excluding hydrogens is 331 g/mol. The second-order valence-electron chi connectivity index (χ2n) is 3.95. The van der Waals surface area contributed by atoms with Crippen LogP contribution in [0.15, 0.2) is 18.2 Å². The summed E-state index contributed by atoms with van der Waals surface area (Å²) >= 11 is 8.95. The van der Waals surface area contributed by atoms with Crippen LogP contribution in [0.1, 0.15) is 13.8 Å². The van der Waals surface area contributed by atoms with Gasteiger partial charge in [-0.15, -0.1) is 0 Å². The maximum Gasteiger partial charge on any atom is 0.387 e. The van der Waals surface area contributed by atoms with Gasteiger partial charge in [-0.2, -0.15) is 8.78 Å². The van der Waals surface area contributed by atoms with E-state index in [2.05, 4.69) is 26.0 Å². The number of halogens is 4. The lowest BCUT2D eigenvalue weighted by Crippen LogP contribution is -2.30. The molecule has 0 saturated heterocycles. The highest BCUT2D eigenvalue weighted by molar-refractivity contribution is 9.10. The third-order valence-electron chi connectivity index (χ3n) is 1.95. The molecule has 18 heavy (non-hydrogen) atoms. The van der Waals surface area contributed by atoms with Crippen LogP contribution >= 0.6 is 27.5 Å². The van der Waals surface area contributed by atoms with Crippen LogP contribution in [0.3, 0.4) is 0 Å². The Balaban J connectivity index is 2.82. The third kappa shape index (κ3) is 4.42. The molecule has 0 fully saturated rings.